The Morgan fingerprint density at radius 1 is 1.47 bits per heavy atom. The average Bonchev–Trinajstić information content (AvgIpc) is 2.93. The zero-order chi connectivity index (χ0) is 14.0. The number of nitrogens with one attached hydrogen (secondary N) is 1. The molecule has 7 nitrogen and oxygen atoms in total. The van der Waals surface area contributed by atoms with E-state index in [9.17, 15) is 8.42 Å². The van der Waals surface area contributed by atoms with Gasteiger partial charge >= 0.3 is 0 Å². The third-order valence-corrected chi connectivity index (χ3v) is 5.32. The molecule has 2 aromatic heterocycles. The quantitative estimate of drug-likeness (QED) is 0.840. The fraction of sp³-hybridized carbons (Fsp3) is 0.400. The lowest BCUT2D eigenvalue weighted by molar-refractivity contribution is 0.387. The van der Waals surface area contributed by atoms with Crippen LogP contribution in [0.2, 0.25) is 0 Å². The van der Waals surface area contributed by atoms with Crippen LogP contribution in [0.4, 0.5) is 0 Å². The van der Waals surface area contributed by atoms with Crippen LogP contribution in [0.1, 0.15) is 22.2 Å². The van der Waals surface area contributed by atoms with Gasteiger partial charge in [-0.3, -0.25) is 0 Å². The number of hydrogen-bond acceptors (Lipinski definition) is 7. The van der Waals surface area contributed by atoms with E-state index in [4.69, 9.17) is 10.3 Å². The molecule has 0 aliphatic rings. The van der Waals surface area contributed by atoms with Crippen LogP contribution >= 0.6 is 11.3 Å². The monoisotopic (exact) mass is 302 g/mol. The highest BCUT2D eigenvalue weighted by Gasteiger charge is 2.22. The lowest BCUT2D eigenvalue weighted by Crippen LogP contribution is -2.25. The van der Waals surface area contributed by atoms with Crippen molar-refractivity contribution in [2.75, 3.05) is 0 Å². The van der Waals surface area contributed by atoms with E-state index in [0.717, 1.165) is 0 Å². The van der Waals surface area contributed by atoms with Gasteiger partial charge in [0, 0.05) is 18.3 Å². The van der Waals surface area contributed by atoms with Gasteiger partial charge in [0.05, 0.1) is 6.54 Å². The fourth-order valence-electron chi connectivity index (χ4n) is 1.63. The molecular formula is C10H14N4O3S2. The maximum absolute atomic E-state index is 12.2. The first-order valence-electron chi connectivity index (χ1n) is 5.50. The zero-order valence-corrected chi connectivity index (χ0v) is 12.1. The molecule has 0 aliphatic heterocycles. The van der Waals surface area contributed by atoms with Crippen molar-refractivity contribution < 1.29 is 12.9 Å². The molecule has 2 aromatic rings. The summed E-state index contributed by atoms with van der Waals surface area (Å²) < 4.78 is 31.7. The third kappa shape index (κ3) is 3.00. The molecule has 2 heterocycles. The largest absolute Gasteiger partial charge is 0.340 e. The first-order valence-corrected chi connectivity index (χ1v) is 7.86. The van der Waals surface area contributed by atoms with Gasteiger partial charge < -0.3 is 10.3 Å². The van der Waals surface area contributed by atoms with Crippen LogP contribution in [-0.4, -0.2) is 18.6 Å². The summed E-state index contributed by atoms with van der Waals surface area (Å²) in [6.07, 6.45) is 0. The topological polar surface area (TPSA) is 111 Å². The highest BCUT2D eigenvalue weighted by atomic mass is 32.2. The van der Waals surface area contributed by atoms with Crippen molar-refractivity contribution in [3.63, 3.8) is 0 Å². The van der Waals surface area contributed by atoms with Gasteiger partial charge in [0.1, 0.15) is 4.90 Å². The predicted octanol–water partition coefficient (Wildman–Crippen LogP) is 0.685. The van der Waals surface area contributed by atoms with Crippen LogP contribution in [0, 0.1) is 13.8 Å². The third-order valence-electron chi connectivity index (χ3n) is 2.43. The number of aromatic nitrogens is 2. The van der Waals surface area contributed by atoms with Gasteiger partial charge in [-0.05, 0) is 17.9 Å². The van der Waals surface area contributed by atoms with Crippen LogP contribution in [0.25, 0.3) is 0 Å². The molecule has 0 aliphatic carbocycles. The number of thiophene rings is 1. The van der Waals surface area contributed by atoms with Crippen LogP contribution in [-0.2, 0) is 23.1 Å². The van der Waals surface area contributed by atoms with Gasteiger partial charge in [0.15, 0.2) is 5.82 Å². The number of nitrogens with zero attached hydrogens (tertiary/aromatic N) is 2. The van der Waals surface area contributed by atoms with E-state index in [1.807, 2.05) is 0 Å². The summed E-state index contributed by atoms with van der Waals surface area (Å²) in [5.74, 6) is 0.687. The Kier molecular flexibility index (Phi) is 3.99. The standard InChI is InChI=1S/C10H14N4O3S2/c1-6-5-18-8(3-11)10(6)19(15,16)12-4-9-13-7(2)17-14-9/h5,12H,3-4,11H2,1-2H3. The predicted molar refractivity (Wildman–Crippen MR) is 70.0 cm³/mol. The van der Waals surface area contributed by atoms with E-state index < -0.39 is 10.0 Å². The van der Waals surface area contributed by atoms with Crippen LogP contribution in [0.15, 0.2) is 14.8 Å². The first kappa shape index (κ1) is 14.1. The van der Waals surface area contributed by atoms with Gasteiger partial charge in [0.2, 0.25) is 15.9 Å². The van der Waals surface area contributed by atoms with E-state index in [1.165, 1.54) is 11.3 Å². The molecule has 0 aromatic carbocycles. The number of nitrogens with two attached hydrogens (primary N) is 1. The Labute approximate surface area is 114 Å². The molecule has 0 saturated carbocycles. The van der Waals surface area contributed by atoms with Gasteiger partial charge in [-0.2, -0.15) is 4.98 Å². The highest BCUT2D eigenvalue weighted by Crippen LogP contribution is 2.26. The Bertz CT molecular complexity index is 675. The lowest BCUT2D eigenvalue weighted by Gasteiger charge is -2.06. The molecule has 9 heteroatoms. The van der Waals surface area contributed by atoms with Crippen LogP contribution in [0.5, 0.6) is 0 Å². The van der Waals surface area contributed by atoms with E-state index in [1.54, 1.807) is 19.2 Å². The minimum atomic E-state index is -3.62. The summed E-state index contributed by atoms with van der Waals surface area (Å²) in [6.45, 7) is 3.55. The normalized spacial score (nSPS) is 11.9. The fourth-order valence-corrected chi connectivity index (χ4v) is 4.31. The van der Waals surface area contributed by atoms with Crippen molar-refractivity contribution >= 4 is 21.4 Å². The summed E-state index contributed by atoms with van der Waals surface area (Å²) in [6, 6.07) is 0. The van der Waals surface area contributed by atoms with Gasteiger partial charge in [0.25, 0.3) is 0 Å². The van der Waals surface area contributed by atoms with Crippen LogP contribution in [0.3, 0.4) is 0 Å². The van der Waals surface area contributed by atoms with E-state index in [2.05, 4.69) is 14.9 Å². The second-order valence-electron chi connectivity index (χ2n) is 3.93. The van der Waals surface area contributed by atoms with Gasteiger partial charge in [-0.1, -0.05) is 5.16 Å². The zero-order valence-electron chi connectivity index (χ0n) is 10.5. The molecule has 0 saturated heterocycles. The maximum atomic E-state index is 12.2. The second kappa shape index (κ2) is 5.37. The van der Waals surface area contributed by atoms with Crippen molar-refractivity contribution in [3.8, 4) is 0 Å². The summed E-state index contributed by atoms with van der Waals surface area (Å²) in [5, 5.41) is 5.40. The van der Waals surface area contributed by atoms with E-state index in [-0.39, 0.29) is 18.0 Å². The Balaban J connectivity index is 2.20. The molecule has 3 N–H and O–H groups in total. The molecule has 0 radical (unpaired) electrons. The molecule has 104 valence electrons. The summed E-state index contributed by atoms with van der Waals surface area (Å²) in [7, 11) is -3.62. The number of hydrogen-bond donors (Lipinski definition) is 2. The van der Waals surface area contributed by atoms with E-state index in [0.29, 0.717) is 22.2 Å². The Morgan fingerprint density at radius 3 is 2.79 bits per heavy atom. The number of aryl methyl sites for hydroxylation is 2. The molecule has 0 fully saturated rings. The molecule has 0 amide bonds. The molecule has 0 spiro atoms. The molecule has 2 rings (SSSR count). The maximum Gasteiger partial charge on any atom is 0.242 e. The minimum Gasteiger partial charge on any atom is -0.340 e. The summed E-state index contributed by atoms with van der Waals surface area (Å²) in [4.78, 5) is 4.82. The molecule has 19 heavy (non-hydrogen) atoms. The number of sulfonamides is 1. The smallest absolute Gasteiger partial charge is 0.242 e. The van der Waals surface area contributed by atoms with Crippen molar-refractivity contribution in [3.05, 3.63) is 27.5 Å². The van der Waals surface area contributed by atoms with E-state index >= 15 is 0 Å². The Morgan fingerprint density at radius 2 is 2.21 bits per heavy atom. The van der Waals surface area contributed by atoms with Crippen molar-refractivity contribution in [1.29, 1.82) is 0 Å². The van der Waals surface area contributed by atoms with Crippen molar-refractivity contribution in [2.45, 2.75) is 31.8 Å². The van der Waals surface area contributed by atoms with Crippen molar-refractivity contribution in [2.24, 2.45) is 5.73 Å². The molecular weight excluding hydrogens is 288 g/mol. The summed E-state index contributed by atoms with van der Waals surface area (Å²) >= 11 is 1.33. The van der Waals surface area contributed by atoms with Crippen LogP contribution < -0.4 is 10.5 Å². The average molecular weight is 302 g/mol. The minimum absolute atomic E-state index is 0.0149. The molecule has 0 unspecified atom stereocenters. The first-order chi connectivity index (χ1) is 8.94. The lowest BCUT2D eigenvalue weighted by atomic mass is 10.3. The highest BCUT2D eigenvalue weighted by molar-refractivity contribution is 7.89. The van der Waals surface area contributed by atoms with Gasteiger partial charge in [-0.25, -0.2) is 13.1 Å². The van der Waals surface area contributed by atoms with Crippen molar-refractivity contribution in [1.82, 2.24) is 14.9 Å². The Hall–Kier alpha value is -1.29. The summed E-state index contributed by atoms with van der Waals surface area (Å²) in [5.41, 5.74) is 6.23. The van der Waals surface area contributed by atoms with Gasteiger partial charge in [-0.15, -0.1) is 11.3 Å². The molecule has 0 bridgehead atoms. The molecule has 0 atom stereocenters. The number of rotatable bonds is 5. The second-order valence-corrected chi connectivity index (χ2v) is 6.60. The SMILES string of the molecule is Cc1nc(CNS(=O)(=O)c2c(C)csc2CN)no1.